The van der Waals surface area contributed by atoms with Crippen LogP contribution in [0.2, 0.25) is 0 Å². The largest absolute Gasteiger partial charge is 0.486 e. The smallest absolute Gasteiger partial charge is 0.201 e. The van der Waals surface area contributed by atoms with Crippen molar-refractivity contribution in [3.05, 3.63) is 89.8 Å². The number of hydrogen-bond donors (Lipinski definition) is 0. The fourth-order valence-electron chi connectivity index (χ4n) is 7.64. The van der Waals surface area contributed by atoms with Crippen LogP contribution in [0.5, 0.6) is 5.75 Å². The summed E-state index contributed by atoms with van der Waals surface area (Å²) in [4.78, 5) is 0. The van der Waals surface area contributed by atoms with E-state index >= 15 is 4.39 Å². The zero-order valence-electron chi connectivity index (χ0n) is 26.6. The third kappa shape index (κ3) is 7.98. The van der Waals surface area contributed by atoms with Crippen molar-refractivity contribution in [3.8, 4) is 28.0 Å². The maximum absolute atomic E-state index is 15.4. The van der Waals surface area contributed by atoms with E-state index < -0.39 is 11.6 Å². The molecule has 0 radical (unpaired) electrons. The van der Waals surface area contributed by atoms with E-state index in [1.165, 1.54) is 76.3 Å². The van der Waals surface area contributed by atoms with Crippen LogP contribution < -0.4 is 4.74 Å². The summed E-state index contributed by atoms with van der Waals surface area (Å²) in [5.74, 6) is 0.831. The summed E-state index contributed by atoms with van der Waals surface area (Å²) in [6, 6.07) is 15.6. The Morgan fingerprint density at radius 2 is 1.32 bits per heavy atom. The molecule has 3 aromatic rings. The predicted molar refractivity (Wildman–Crippen MR) is 176 cm³/mol. The highest BCUT2D eigenvalue weighted by atomic mass is 19.2. The lowest BCUT2D eigenvalue weighted by Crippen LogP contribution is -2.25. The van der Waals surface area contributed by atoms with E-state index in [1.807, 2.05) is 19.1 Å². The summed E-state index contributed by atoms with van der Waals surface area (Å²) in [6.45, 7) is 4.46. The molecule has 0 heterocycles. The number of allylic oxidation sites excluding steroid dienone is 1. The molecule has 2 aliphatic carbocycles. The summed E-state index contributed by atoms with van der Waals surface area (Å²) in [6.07, 6.45) is 20.6. The molecule has 0 aromatic heterocycles. The van der Waals surface area contributed by atoms with Gasteiger partial charge in [-0.05, 0) is 104 Å². The molecule has 5 rings (SSSR count). The van der Waals surface area contributed by atoms with Crippen LogP contribution in [0.15, 0.2) is 66.7 Å². The first-order valence-corrected chi connectivity index (χ1v) is 17.1. The molecule has 0 N–H and O–H groups in total. The highest BCUT2D eigenvalue weighted by Crippen LogP contribution is 2.45. The maximum Gasteiger partial charge on any atom is 0.201 e. The number of ether oxygens (including phenoxy) is 1. The average Bonchev–Trinajstić information content (AvgIpc) is 3.06. The quantitative estimate of drug-likeness (QED) is 0.148. The second kappa shape index (κ2) is 15.8. The Balaban J connectivity index is 1.16. The summed E-state index contributed by atoms with van der Waals surface area (Å²) >= 11 is 0. The van der Waals surface area contributed by atoms with Crippen LogP contribution in [0.3, 0.4) is 0 Å². The monoisotopic (exact) mass is 602 g/mol. The van der Waals surface area contributed by atoms with Crippen LogP contribution in [-0.2, 0) is 0 Å². The predicted octanol–water partition coefficient (Wildman–Crippen LogP) is 12.4. The van der Waals surface area contributed by atoms with E-state index in [0.717, 1.165) is 48.1 Å². The molecule has 0 unspecified atom stereocenters. The van der Waals surface area contributed by atoms with Crippen molar-refractivity contribution in [2.75, 3.05) is 6.61 Å². The SMILES string of the molecule is CC/C=C/COc1ccc(-c2ccc(-c3ccc(C4CCC(C5CCC(CCCCC)CC5)CC4)cc3F)cc2)c(F)c1F. The highest BCUT2D eigenvalue weighted by molar-refractivity contribution is 5.71. The van der Waals surface area contributed by atoms with Gasteiger partial charge in [-0.1, -0.05) is 101 Å². The Bertz CT molecular complexity index is 1360. The molecular formula is C40H49F3O. The van der Waals surface area contributed by atoms with Crippen LogP contribution in [0.25, 0.3) is 22.3 Å². The van der Waals surface area contributed by atoms with Gasteiger partial charge in [-0.25, -0.2) is 8.78 Å². The molecule has 0 atom stereocenters. The van der Waals surface area contributed by atoms with Gasteiger partial charge in [0.25, 0.3) is 0 Å². The zero-order chi connectivity index (χ0) is 30.9. The van der Waals surface area contributed by atoms with Crippen LogP contribution >= 0.6 is 0 Å². The van der Waals surface area contributed by atoms with Gasteiger partial charge in [0.2, 0.25) is 5.82 Å². The normalized spacial score (nSPS) is 22.4. The molecule has 4 heteroatoms. The van der Waals surface area contributed by atoms with Crippen molar-refractivity contribution in [2.24, 2.45) is 17.8 Å². The van der Waals surface area contributed by atoms with E-state index in [9.17, 15) is 8.78 Å². The Labute approximate surface area is 262 Å². The van der Waals surface area contributed by atoms with Gasteiger partial charge in [-0.2, -0.15) is 4.39 Å². The molecule has 44 heavy (non-hydrogen) atoms. The highest BCUT2D eigenvalue weighted by Gasteiger charge is 2.31. The molecule has 3 aromatic carbocycles. The van der Waals surface area contributed by atoms with Crippen molar-refractivity contribution in [2.45, 2.75) is 103 Å². The van der Waals surface area contributed by atoms with Gasteiger partial charge in [0.05, 0.1) is 0 Å². The topological polar surface area (TPSA) is 9.23 Å². The summed E-state index contributed by atoms with van der Waals surface area (Å²) in [5.41, 5.74) is 3.03. The average molecular weight is 603 g/mol. The number of hydrogen-bond acceptors (Lipinski definition) is 1. The maximum atomic E-state index is 15.4. The van der Waals surface area contributed by atoms with E-state index in [0.29, 0.717) is 17.0 Å². The van der Waals surface area contributed by atoms with Gasteiger partial charge in [-0.3, -0.25) is 0 Å². The Morgan fingerprint density at radius 1 is 0.682 bits per heavy atom. The number of benzene rings is 3. The van der Waals surface area contributed by atoms with E-state index in [2.05, 4.69) is 13.0 Å². The number of rotatable bonds is 12. The van der Waals surface area contributed by atoms with Crippen LogP contribution in [0.4, 0.5) is 13.2 Å². The van der Waals surface area contributed by atoms with E-state index in [-0.39, 0.29) is 23.7 Å². The lowest BCUT2D eigenvalue weighted by atomic mass is 9.68. The van der Waals surface area contributed by atoms with Crippen molar-refractivity contribution in [1.29, 1.82) is 0 Å². The molecule has 2 aliphatic rings. The minimum atomic E-state index is -1.00. The summed E-state index contributed by atoms with van der Waals surface area (Å²) in [7, 11) is 0. The van der Waals surface area contributed by atoms with Crippen molar-refractivity contribution >= 4 is 0 Å². The van der Waals surface area contributed by atoms with Crippen LogP contribution in [0.1, 0.15) is 109 Å². The third-order valence-electron chi connectivity index (χ3n) is 10.3. The van der Waals surface area contributed by atoms with E-state index in [4.69, 9.17) is 4.74 Å². The molecule has 0 amide bonds. The molecule has 2 fully saturated rings. The molecule has 1 nitrogen and oxygen atoms in total. The second-order valence-corrected chi connectivity index (χ2v) is 13.1. The van der Waals surface area contributed by atoms with Crippen molar-refractivity contribution in [1.82, 2.24) is 0 Å². The lowest BCUT2D eigenvalue weighted by Gasteiger charge is -2.38. The van der Waals surface area contributed by atoms with Gasteiger partial charge in [0.1, 0.15) is 12.4 Å². The van der Waals surface area contributed by atoms with Crippen molar-refractivity contribution < 1.29 is 17.9 Å². The molecular weight excluding hydrogens is 553 g/mol. The van der Waals surface area contributed by atoms with Crippen LogP contribution in [-0.4, -0.2) is 6.61 Å². The van der Waals surface area contributed by atoms with Gasteiger partial charge in [-0.15, -0.1) is 0 Å². The number of halogens is 3. The van der Waals surface area contributed by atoms with Gasteiger partial charge in [0, 0.05) is 11.1 Å². The first-order chi connectivity index (χ1) is 21.5. The lowest BCUT2D eigenvalue weighted by molar-refractivity contribution is 0.155. The van der Waals surface area contributed by atoms with Crippen molar-refractivity contribution in [3.63, 3.8) is 0 Å². The molecule has 0 saturated heterocycles. The number of unbranched alkanes of at least 4 members (excludes halogenated alkanes) is 2. The first-order valence-electron chi connectivity index (χ1n) is 17.1. The Kier molecular flexibility index (Phi) is 11.6. The minimum Gasteiger partial charge on any atom is -0.486 e. The van der Waals surface area contributed by atoms with Gasteiger partial charge < -0.3 is 4.74 Å². The van der Waals surface area contributed by atoms with E-state index in [1.54, 1.807) is 36.4 Å². The summed E-state index contributed by atoms with van der Waals surface area (Å²) < 4.78 is 50.3. The third-order valence-corrected chi connectivity index (χ3v) is 10.3. The first kappa shape index (κ1) is 32.4. The fourth-order valence-corrected chi connectivity index (χ4v) is 7.64. The molecule has 2 saturated carbocycles. The van der Waals surface area contributed by atoms with Gasteiger partial charge >= 0.3 is 0 Å². The zero-order valence-corrected chi connectivity index (χ0v) is 26.6. The fraction of sp³-hybridized carbons (Fsp3) is 0.500. The minimum absolute atomic E-state index is 0.112. The van der Waals surface area contributed by atoms with Crippen LogP contribution in [0, 0.1) is 35.2 Å². The second-order valence-electron chi connectivity index (χ2n) is 13.1. The van der Waals surface area contributed by atoms with Gasteiger partial charge in [0.15, 0.2) is 11.6 Å². The molecule has 236 valence electrons. The summed E-state index contributed by atoms with van der Waals surface area (Å²) in [5, 5.41) is 0. The molecule has 0 bridgehead atoms. The molecule has 0 spiro atoms. The Hall–Kier alpha value is -3.01. The molecule has 0 aliphatic heterocycles. The standard InChI is InChI=1S/C40H49F3O/c1-3-5-7-9-28-10-12-29(13-11-28)30-14-16-31(17-15-30)34-22-23-35(37(41)27-34)32-18-20-33(21-19-32)36-24-25-38(40(43)39(36)42)44-26-8-6-4-2/h6,8,18-25,27-31H,3-5,7,9-17,26H2,1-2H3/b8-6+. The Morgan fingerprint density at radius 3 is 1.95 bits per heavy atom.